The molecular weight excluding hydrogens is 323 g/mol. The van der Waals surface area contributed by atoms with E-state index in [9.17, 15) is 4.79 Å². The van der Waals surface area contributed by atoms with Gasteiger partial charge in [0.2, 0.25) is 0 Å². The van der Waals surface area contributed by atoms with Gasteiger partial charge in [0.1, 0.15) is 12.0 Å². The number of hydrogen-bond acceptors (Lipinski definition) is 6. The van der Waals surface area contributed by atoms with Crippen LogP contribution in [0.5, 0.6) is 0 Å². The summed E-state index contributed by atoms with van der Waals surface area (Å²) in [7, 11) is 1.34. The van der Waals surface area contributed by atoms with E-state index in [1.165, 1.54) is 19.4 Å². The average molecular weight is 331 g/mol. The Morgan fingerprint density at radius 3 is 2.90 bits per heavy atom. The maximum absolute atomic E-state index is 12.2. The summed E-state index contributed by atoms with van der Waals surface area (Å²) < 4.78 is 3.67. The third-order valence-corrected chi connectivity index (χ3v) is 3.41. The van der Waals surface area contributed by atoms with Crippen LogP contribution in [0, 0.1) is 0 Å². The Morgan fingerprint density at radius 1 is 1.45 bits per heavy atom. The third-order valence-electron chi connectivity index (χ3n) is 2.17. The average Bonchev–Trinajstić information content (AvgIpc) is 2.93. The summed E-state index contributed by atoms with van der Waals surface area (Å²) in [5, 5.41) is 10.8. The molecule has 0 fully saturated rings. The van der Waals surface area contributed by atoms with Crippen molar-refractivity contribution in [2.45, 2.75) is 0 Å². The zero-order valence-corrected chi connectivity index (χ0v) is 12.5. The van der Waals surface area contributed by atoms with Crippen molar-refractivity contribution in [1.82, 2.24) is 9.59 Å². The van der Waals surface area contributed by atoms with Crippen LogP contribution < -0.4 is 5.32 Å². The topological polar surface area (TPSA) is 76.5 Å². The molecule has 1 heterocycles. The van der Waals surface area contributed by atoms with E-state index in [0.29, 0.717) is 20.6 Å². The number of anilines is 1. The molecule has 104 valence electrons. The van der Waals surface area contributed by atoms with Crippen LogP contribution >= 0.6 is 34.7 Å². The lowest BCUT2D eigenvalue weighted by atomic mass is 10.2. The molecule has 0 aliphatic heterocycles. The summed E-state index contributed by atoms with van der Waals surface area (Å²) in [6.45, 7) is 0. The van der Waals surface area contributed by atoms with Crippen molar-refractivity contribution in [3.05, 3.63) is 39.3 Å². The number of halogens is 2. The van der Waals surface area contributed by atoms with Gasteiger partial charge in [-0.1, -0.05) is 32.8 Å². The maximum Gasteiger partial charge on any atom is 0.279 e. The first-order chi connectivity index (χ1) is 9.61. The zero-order valence-electron chi connectivity index (χ0n) is 10.1. The van der Waals surface area contributed by atoms with Crippen molar-refractivity contribution in [1.29, 1.82) is 0 Å². The number of carbonyl (C=O) groups is 1. The molecule has 0 aliphatic carbocycles. The highest BCUT2D eigenvalue weighted by molar-refractivity contribution is 7.09. The lowest BCUT2D eigenvalue weighted by molar-refractivity contribution is -0.110. The van der Waals surface area contributed by atoms with Crippen LogP contribution in [0.25, 0.3) is 0 Å². The summed E-state index contributed by atoms with van der Waals surface area (Å²) in [6, 6.07) is 4.74. The van der Waals surface area contributed by atoms with Gasteiger partial charge in [0.25, 0.3) is 5.91 Å². The molecule has 2 aromatic rings. The largest absolute Gasteiger partial charge is 0.398 e. The van der Waals surface area contributed by atoms with Gasteiger partial charge in [-0.3, -0.25) is 4.79 Å². The normalized spacial score (nSPS) is 11.2. The van der Waals surface area contributed by atoms with Crippen molar-refractivity contribution in [3.63, 3.8) is 0 Å². The summed E-state index contributed by atoms with van der Waals surface area (Å²) in [5.41, 5.74) is 0.434. The summed E-state index contributed by atoms with van der Waals surface area (Å²) in [6.07, 6.45) is 1.42. The third kappa shape index (κ3) is 3.44. The minimum absolute atomic E-state index is 0.0542. The molecule has 1 N–H and O–H groups in total. The van der Waals surface area contributed by atoms with Crippen molar-refractivity contribution in [2.75, 3.05) is 12.4 Å². The highest BCUT2D eigenvalue weighted by Gasteiger charge is 2.18. The molecule has 20 heavy (non-hydrogen) atoms. The molecule has 0 saturated heterocycles. The summed E-state index contributed by atoms with van der Waals surface area (Å²) in [4.78, 5) is 17.3. The Labute approximate surface area is 128 Å². The maximum atomic E-state index is 12.2. The van der Waals surface area contributed by atoms with Crippen LogP contribution in [0.3, 0.4) is 0 Å². The Morgan fingerprint density at radius 2 is 2.25 bits per heavy atom. The first-order valence-electron chi connectivity index (χ1n) is 5.27. The lowest BCUT2D eigenvalue weighted by Gasteiger charge is -2.07. The number of benzene rings is 1. The van der Waals surface area contributed by atoms with Gasteiger partial charge < -0.3 is 10.2 Å². The lowest BCUT2D eigenvalue weighted by Crippen LogP contribution is -2.23. The Kier molecular flexibility index (Phi) is 4.89. The number of nitrogens with zero attached hydrogens (tertiary/aromatic N) is 3. The predicted octanol–water partition coefficient (Wildman–Crippen LogP) is 2.83. The summed E-state index contributed by atoms with van der Waals surface area (Å²) >= 11 is 12.9. The molecule has 1 aromatic heterocycles. The van der Waals surface area contributed by atoms with Gasteiger partial charge in [-0.2, -0.15) is 0 Å². The minimum atomic E-state index is -0.498. The Balaban J connectivity index is 2.26. The van der Waals surface area contributed by atoms with Crippen LogP contribution in [-0.4, -0.2) is 28.3 Å². The number of amides is 1. The van der Waals surface area contributed by atoms with Crippen LogP contribution in [-0.2, 0) is 9.63 Å². The van der Waals surface area contributed by atoms with Crippen LogP contribution in [0.4, 0.5) is 5.69 Å². The van der Waals surface area contributed by atoms with E-state index in [1.54, 1.807) is 12.1 Å². The van der Waals surface area contributed by atoms with Crippen LogP contribution in [0.15, 0.2) is 29.6 Å². The van der Waals surface area contributed by atoms with Gasteiger partial charge in [-0.25, -0.2) is 0 Å². The number of aromatic nitrogens is 2. The van der Waals surface area contributed by atoms with Crippen molar-refractivity contribution in [3.8, 4) is 0 Å². The number of carbonyl (C=O) groups excluding carboxylic acids is 1. The van der Waals surface area contributed by atoms with Crippen LogP contribution in [0.1, 0.15) is 4.88 Å². The fourth-order valence-electron chi connectivity index (χ4n) is 1.34. The first kappa shape index (κ1) is 14.7. The van der Waals surface area contributed by atoms with E-state index >= 15 is 0 Å². The van der Waals surface area contributed by atoms with Crippen molar-refractivity contribution >= 4 is 52.0 Å². The smallest absolute Gasteiger partial charge is 0.279 e. The quantitative estimate of drug-likeness (QED) is 0.690. The van der Waals surface area contributed by atoms with Gasteiger partial charge in [0.15, 0.2) is 5.71 Å². The molecule has 0 atom stereocenters. The second-order valence-corrected chi connectivity index (χ2v) is 5.11. The molecule has 0 bridgehead atoms. The highest BCUT2D eigenvalue weighted by atomic mass is 35.5. The number of rotatable bonds is 4. The molecule has 0 saturated carbocycles. The van der Waals surface area contributed by atoms with Gasteiger partial charge in [-0.15, -0.1) is 5.10 Å². The van der Waals surface area contributed by atoms with E-state index in [4.69, 9.17) is 23.2 Å². The predicted molar refractivity (Wildman–Crippen MR) is 78.5 cm³/mol. The number of hydrogen-bond donors (Lipinski definition) is 1. The second-order valence-electron chi connectivity index (χ2n) is 3.48. The molecule has 0 spiro atoms. The Bertz CT molecular complexity index is 646. The number of nitrogens with one attached hydrogen (secondary N) is 1. The monoisotopic (exact) mass is 330 g/mol. The molecule has 1 aromatic carbocycles. The molecule has 0 aliphatic rings. The van der Waals surface area contributed by atoms with Gasteiger partial charge >= 0.3 is 0 Å². The second kappa shape index (κ2) is 6.65. The van der Waals surface area contributed by atoms with E-state index in [0.717, 1.165) is 11.5 Å². The van der Waals surface area contributed by atoms with E-state index in [1.807, 2.05) is 0 Å². The Hall–Kier alpha value is -1.70. The molecule has 1 amide bonds. The number of oxime groups is 1. The van der Waals surface area contributed by atoms with Gasteiger partial charge in [0.05, 0.1) is 16.9 Å². The molecular formula is C11H8Cl2N4O2S. The molecule has 2 rings (SSSR count). The fourth-order valence-corrected chi connectivity index (χ4v) is 2.17. The zero-order chi connectivity index (χ0) is 14.5. The van der Waals surface area contributed by atoms with Gasteiger partial charge in [0, 0.05) is 5.02 Å². The fraction of sp³-hybridized carbons (Fsp3) is 0.0909. The molecule has 0 radical (unpaired) electrons. The SMILES string of the molecule is CO/N=C(\C(=O)Nc1cc(Cl)ccc1Cl)c1cnns1. The van der Waals surface area contributed by atoms with Gasteiger partial charge in [-0.05, 0) is 29.7 Å². The molecule has 9 heteroatoms. The molecule has 6 nitrogen and oxygen atoms in total. The minimum Gasteiger partial charge on any atom is -0.398 e. The van der Waals surface area contributed by atoms with Crippen LogP contribution in [0.2, 0.25) is 10.0 Å². The van der Waals surface area contributed by atoms with E-state index in [2.05, 4.69) is 24.9 Å². The van der Waals surface area contributed by atoms with E-state index in [-0.39, 0.29) is 5.71 Å². The highest BCUT2D eigenvalue weighted by Crippen LogP contribution is 2.25. The van der Waals surface area contributed by atoms with Crippen molar-refractivity contribution < 1.29 is 9.63 Å². The van der Waals surface area contributed by atoms with Crippen molar-refractivity contribution in [2.24, 2.45) is 5.16 Å². The summed E-state index contributed by atoms with van der Waals surface area (Å²) in [5.74, 6) is -0.498. The standard InChI is InChI=1S/C11H8Cl2N4O2S/c1-19-16-10(9-5-14-17-20-9)11(18)15-8-4-6(12)2-3-7(8)13/h2-5H,1H3,(H,15,18)/b16-10-. The first-order valence-corrected chi connectivity index (χ1v) is 6.80. The van der Waals surface area contributed by atoms with E-state index < -0.39 is 5.91 Å². The molecule has 0 unspecified atom stereocenters.